The van der Waals surface area contributed by atoms with E-state index in [4.69, 9.17) is 0 Å². The molecule has 0 radical (unpaired) electrons. The molecule has 26 heavy (non-hydrogen) atoms. The number of nitro benzene ring substituents is 1. The molecular formula is C19H26N2O4S. The van der Waals surface area contributed by atoms with Crippen LogP contribution in [0.4, 0.5) is 5.69 Å². The van der Waals surface area contributed by atoms with Crippen LogP contribution in [0.15, 0.2) is 29.2 Å². The number of nitrogens with one attached hydrogen (secondary N) is 1. The van der Waals surface area contributed by atoms with Crippen molar-refractivity contribution in [2.75, 3.05) is 0 Å². The summed E-state index contributed by atoms with van der Waals surface area (Å²) in [6, 6.07) is 5.09. The molecule has 1 aromatic rings. The highest BCUT2D eigenvalue weighted by Gasteiger charge is 2.54. The molecule has 142 valence electrons. The van der Waals surface area contributed by atoms with Crippen LogP contribution in [0.1, 0.15) is 51.9 Å². The van der Waals surface area contributed by atoms with E-state index in [1.165, 1.54) is 43.5 Å². The molecule has 1 aromatic carbocycles. The van der Waals surface area contributed by atoms with Crippen molar-refractivity contribution in [1.82, 2.24) is 4.72 Å². The fraction of sp³-hybridized carbons (Fsp3) is 0.684. The zero-order valence-corrected chi connectivity index (χ0v) is 15.9. The summed E-state index contributed by atoms with van der Waals surface area (Å²) in [7, 11) is -3.68. The molecule has 4 bridgehead atoms. The molecule has 0 saturated heterocycles. The zero-order chi connectivity index (χ0) is 18.5. The fourth-order valence-electron chi connectivity index (χ4n) is 6.25. The quantitative estimate of drug-likeness (QED) is 0.601. The van der Waals surface area contributed by atoms with Crippen LogP contribution < -0.4 is 4.72 Å². The summed E-state index contributed by atoms with van der Waals surface area (Å²) in [4.78, 5) is 10.4. The molecule has 0 amide bonds. The smallest absolute Gasteiger partial charge is 0.258 e. The second-order valence-corrected chi connectivity index (χ2v) is 10.3. The van der Waals surface area contributed by atoms with Crippen molar-refractivity contribution < 1.29 is 13.3 Å². The van der Waals surface area contributed by atoms with Gasteiger partial charge in [0.2, 0.25) is 10.0 Å². The van der Waals surface area contributed by atoms with Gasteiger partial charge in [0, 0.05) is 18.2 Å². The van der Waals surface area contributed by atoms with Gasteiger partial charge in [-0.25, -0.2) is 13.1 Å². The summed E-state index contributed by atoms with van der Waals surface area (Å²) >= 11 is 0. The van der Waals surface area contributed by atoms with Crippen LogP contribution in [0.3, 0.4) is 0 Å². The monoisotopic (exact) mass is 378 g/mol. The van der Waals surface area contributed by atoms with Crippen molar-refractivity contribution >= 4 is 15.7 Å². The van der Waals surface area contributed by atoms with E-state index < -0.39 is 14.9 Å². The van der Waals surface area contributed by atoms with Crippen molar-refractivity contribution in [3.05, 3.63) is 34.4 Å². The first-order chi connectivity index (χ1) is 12.3. The van der Waals surface area contributed by atoms with E-state index >= 15 is 0 Å². The van der Waals surface area contributed by atoms with E-state index in [-0.39, 0.29) is 22.0 Å². The van der Waals surface area contributed by atoms with Gasteiger partial charge in [0.15, 0.2) is 0 Å². The third kappa shape index (κ3) is 3.05. The molecule has 0 heterocycles. The van der Waals surface area contributed by atoms with Crippen LogP contribution >= 0.6 is 0 Å². The molecule has 0 aliphatic heterocycles. The van der Waals surface area contributed by atoms with Crippen LogP contribution in [-0.2, 0) is 10.0 Å². The predicted molar refractivity (Wildman–Crippen MR) is 98.1 cm³/mol. The maximum absolute atomic E-state index is 12.9. The van der Waals surface area contributed by atoms with Gasteiger partial charge in [0.1, 0.15) is 0 Å². The van der Waals surface area contributed by atoms with Crippen LogP contribution in [0.2, 0.25) is 0 Å². The van der Waals surface area contributed by atoms with Crippen LogP contribution in [0.25, 0.3) is 0 Å². The number of benzene rings is 1. The van der Waals surface area contributed by atoms with Gasteiger partial charge < -0.3 is 0 Å². The molecule has 5 rings (SSSR count). The largest absolute Gasteiger partial charge is 0.269 e. The minimum absolute atomic E-state index is 0.0592. The Hall–Kier alpha value is -1.47. The van der Waals surface area contributed by atoms with E-state index in [1.54, 1.807) is 0 Å². The molecule has 4 fully saturated rings. The predicted octanol–water partition coefficient (Wildman–Crippen LogP) is 3.87. The molecule has 4 saturated carbocycles. The highest BCUT2D eigenvalue weighted by molar-refractivity contribution is 7.89. The maximum atomic E-state index is 12.9. The highest BCUT2D eigenvalue weighted by atomic mass is 32.2. The van der Waals surface area contributed by atoms with Crippen molar-refractivity contribution in [1.29, 1.82) is 0 Å². The summed E-state index contributed by atoms with van der Waals surface area (Å²) in [6.45, 7) is 2.06. The standard InChI is InChI=1S/C19H26N2O4S/c1-2-18(19-10-13-7-14(11-19)9-15(8-13)12-19)20-26(24,25)17-5-3-16(4-6-17)21(22)23/h3-6,13-15,18,20H,2,7-12H2,1H3/t13?,14?,15?,18-,19?/m0/s1. The number of sulfonamides is 1. The Kier molecular flexibility index (Phi) is 4.34. The minimum Gasteiger partial charge on any atom is -0.258 e. The number of nitrogens with zero attached hydrogens (tertiary/aromatic N) is 1. The number of hydrogen-bond acceptors (Lipinski definition) is 4. The van der Waals surface area contributed by atoms with E-state index in [9.17, 15) is 18.5 Å². The van der Waals surface area contributed by atoms with E-state index in [2.05, 4.69) is 11.6 Å². The average molecular weight is 378 g/mol. The second kappa shape index (κ2) is 6.30. The summed E-state index contributed by atoms with van der Waals surface area (Å²) in [6.07, 6.45) is 8.17. The van der Waals surface area contributed by atoms with Gasteiger partial charge in [-0.3, -0.25) is 10.1 Å². The molecule has 0 aromatic heterocycles. The number of hydrogen-bond donors (Lipinski definition) is 1. The lowest BCUT2D eigenvalue weighted by Gasteiger charge is -2.59. The van der Waals surface area contributed by atoms with E-state index in [1.807, 2.05) is 0 Å². The van der Waals surface area contributed by atoms with Crippen LogP contribution in [0.5, 0.6) is 0 Å². The minimum atomic E-state index is -3.68. The first-order valence-corrected chi connectivity index (χ1v) is 11.1. The molecule has 0 unspecified atom stereocenters. The fourth-order valence-corrected chi connectivity index (χ4v) is 7.67. The SMILES string of the molecule is CC[C@H](NS(=O)(=O)c1ccc([N+](=O)[O-])cc1)C12CC3CC(CC(C3)C1)C2. The molecule has 4 aliphatic rings. The number of rotatable bonds is 6. The van der Waals surface area contributed by atoms with Gasteiger partial charge in [0.05, 0.1) is 9.82 Å². The van der Waals surface area contributed by atoms with Crippen molar-refractivity contribution in [3.8, 4) is 0 Å². The van der Waals surface area contributed by atoms with Crippen molar-refractivity contribution in [2.24, 2.45) is 23.2 Å². The first kappa shape index (κ1) is 17.9. The Morgan fingerprint density at radius 2 is 1.62 bits per heavy atom. The molecule has 0 spiro atoms. The Balaban J connectivity index is 1.57. The number of nitro groups is 1. The van der Waals surface area contributed by atoms with Gasteiger partial charge in [-0.05, 0) is 80.2 Å². The van der Waals surface area contributed by atoms with E-state index in [0.29, 0.717) is 0 Å². The molecule has 7 heteroatoms. The Labute approximate surface area is 154 Å². The highest BCUT2D eigenvalue weighted by Crippen LogP contribution is 2.61. The third-order valence-electron chi connectivity index (χ3n) is 6.89. The zero-order valence-electron chi connectivity index (χ0n) is 15.1. The molecule has 1 N–H and O–H groups in total. The van der Waals surface area contributed by atoms with Crippen LogP contribution in [0, 0.1) is 33.3 Å². The molecule has 4 aliphatic carbocycles. The third-order valence-corrected chi connectivity index (χ3v) is 8.38. The molecular weight excluding hydrogens is 352 g/mol. The topological polar surface area (TPSA) is 89.3 Å². The van der Waals surface area contributed by atoms with Crippen LogP contribution in [-0.4, -0.2) is 19.4 Å². The van der Waals surface area contributed by atoms with Gasteiger partial charge in [0.25, 0.3) is 5.69 Å². The maximum Gasteiger partial charge on any atom is 0.269 e. The summed E-state index contributed by atoms with van der Waals surface area (Å²) < 4.78 is 28.8. The van der Waals surface area contributed by atoms with Crippen molar-refractivity contribution in [2.45, 2.75) is 62.8 Å². The van der Waals surface area contributed by atoms with Gasteiger partial charge in [-0.2, -0.15) is 0 Å². The summed E-state index contributed by atoms with van der Waals surface area (Å²) in [5.41, 5.74) is -0.00534. The van der Waals surface area contributed by atoms with Gasteiger partial charge in [-0.15, -0.1) is 0 Å². The Bertz CT molecular complexity index is 768. The van der Waals surface area contributed by atoms with Gasteiger partial charge >= 0.3 is 0 Å². The van der Waals surface area contributed by atoms with Crippen molar-refractivity contribution in [3.63, 3.8) is 0 Å². The Morgan fingerprint density at radius 1 is 1.12 bits per heavy atom. The number of non-ortho nitro benzene ring substituents is 1. The lowest BCUT2D eigenvalue weighted by Crippen LogP contribution is -2.56. The summed E-state index contributed by atoms with van der Waals surface area (Å²) in [5, 5.41) is 10.8. The molecule has 1 atom stereocenters. The Morgan fingerprint density at radius 3 is 2.04 bits per heavy atom. The summed E-state index contributed by atoms with van der Waals surface area (Å²) in [5.74, 6) is 2.29. The second-order valence-electron chi connectivity index (χ2n) is 8.61. The lowest BCUT2D eigenvalue weighted by molar-refractivity contribution is -0.384. The average Bonchev–Trinajstić information content (AvgIpc) is 2.58. The lowest BCUT2D eigenvalue weighted by atomic mass is 9.47. The first-order valence-electron chi connectivity index (χ1n) is 9.58. The van der Waals surface area contributed by atoms with Gasteiger partial charge in [-0.1, -0.05) is 6.92 Å². The normalized spacial score (nSPS) is 34.0. The van der Waals surface area contributed by atoms with E-state index in [0.717, 1.165) is 43.4 Å². The molecule has 6 nitrogen and oxygen atoms in total.